The Hall–Kier alpha value is -0.590. The van der Waals surface area contributed by atoms with Crippen LogP contribution in [0.4, 0.5) is 0 Å². The lowest BCUT2D eigenvalue weighted by atomic mass is 9.78. The average molecular weight is 224 g/mol. The first kappa shape index (κ1) is 13.5. The van der Waals surface area contributed by atoms with Crippen LogP contribution in [0.1, 0.15) is 46.0 Å². The second-order valence-corrected chi connectivity index (χ2v) is 4.92. The molecule has 0 aromatic carbocycles. The second kappa shape index (κ2) is 6.22. The third kappa shape index (κ3) is 3.20. The van der Waals surface area contributed by atoms with E-state index in [1.807, 2.05) is 0 Å². The van der Waals surface area contributed by atoms with E-state index in [-0.39, 0.29) is 5.92 Å². The third-order valence-electron chi connectivity index (χ3n) is 3.64. The molecule has 1 atom stereocenters. The highest BCUT2D eigenvalue weighted by molar-refractivity contribution is 5.01. The van der Waals surface area contributed by atoms with Crippen LogP contribution in [0.3, 0.4) is 0 Å². The summed E-state index contributed by atoms with van der Waals surface area (Å²) >= 11 is 0. The molecule has 0 aromatic rings. The van der Waals surface area contributed by atoms with E-state index in [9.17, 15) is 5.11 Å². The molecule has 16 heavy (non-hydrogen) atoms. The molecule has 0 saturated carbocycles. The molecule has 0 spiro atoms. The first-order valence-electron chi connectivity index (χ1n) is 6.50. The summed E-state index contributed by atoms with van der Waals surface area (Å²) in [5, 5.41) is 19.6. The Balaban J connectivity index is 2.51. The van der Waals surface area contributed by atoms with E-state index < -0.39 is 5.60 Å². The van der Waals surface area contributed by atoms with E-state index in [1.54, 1.807) is 0 Å². The molecule has 0 aromatic heterocycles. The van der Waals surface area contributed by atoms with Crippen LogP contribution >= 0.6 is 0 Å². The molecule has 1 fully saturated rings. The first-order valence-corrected chi connectivity index (χ1v) is 6.50. The molecule has 1 saturated heterocycles. The van der Waals surface area contributed by atoms with Gasteiger partial charge in [0.1, 0.15) is 0 Å². The van der Waals surface area contributed by atoms with Crippen molar-refractivity contribution in [2.24, 2.45) is 5.92 Å². The number of rotatable bonds is 5. The maximum Gasteiger partial charge on any atom is 0.0829 e. The number of nitrogens with zero attached hydrogens (tertiary/aromatic N) is 2. The van der Waals surface area contributed by atoms with Gasteiger partial charge in [0.25, 0.3) is 0 Å². The SMILES string of the molecule is CCCC(C#N)C1(O)CCN(CCC)CC1. The van der Waals surface area contributed by atoms with Gasteiger partial charge in [0.05, 0.1) is 17.6 Å². The number of piperidine rings is 1. The van der Waals surface area contributed by atoms with Crippen LogP contribution in [-0.4, -0.2) is 35.2 Å². The van der Waals surface area contributed by atoms with Crippen molar-refractivity contribution in [3.63, 3.8) is 0 Å². The monoisotopic (exact) mass is 224 g/mol. The molecule has 3 heteroatoms. The summed E-state index contributed by atoms with van der Waals surface area (Å²) in [4.78, 5) is 2.38. The molecule has 0 aliphatic carbocycles. The molecule has 1 unspecified atom stereocenters. The Morgan fingerprint density at radius 3 is 2.38 bits per heavy atom. The van der Waals surface area contributed by atoms with Crippen LogP contribution in [-0.2, 0) is 0 Å². The summed E-state index contributed by atoms with van der Waals surface area (Å²) in [7, 11) is 0. The minimum Gasteiger partial charge on any atom is -0.388 e. The largest absolute Gasteiger partial charge is 0.388 e. The van der Waals surface area contributed by atoms with E-state index in [0.717, 1.165) is 51.7 Å². The summed E-state index contributed by atoms with van der Waals surface area (Å²) in [6.07, 6.45) is 4.46. The van der Waals surface area contributed by atoms with E-state index in [1.165, 1.54) is 0 Å². The fraction of sp³-hybridized carbons (Fsp3) is 0.923. The van der Waals surface area contributed by atoms with E-state index in [4.69, 9.17) is 5.26 Å². The zero-order valence-electron chi connectivity index (χ0n) is 10.6. The Morgan fingerprint density at radius 2 is 1.94 bits per heavy atom. The lowest BCUT2D eigenvalue weighted by Gasteiger charge is -2.40. The fourth-order valence-electron chi connectivity index (χ4n) is 2.57. The number of aliphatic hydroxyl groups is 1. The molecule has 92 valence electrons. The maximum atomic E-state index is 10.5. The topological polar surface area (TPSA) is 47.3 Å². The van der Waals surface area contributed by atoms with Gasteiger partial charge in [0.2, 0.25) is 0 Å². The predicted molar refractivity (Wildman–Crippen MR) is 64.9 cm³/mol. The zero-order valence-corrected chi connectivity index (χ0v) is 10.6. The van der Waals surface area contributed by atoms with Crippen LogP contribution in [0.2, 0.25) is 0 Å². The molecule has 1 heterocycles. The Morgan fingerprint density at radius 1 is 1.31 bits per heavy atom. The lowest BCUT2D eigenvalue weighted by molar-refractivity contribution is -0.0528. The van der Waals surface area contributed by atoms with Crippen molar-refractivity contribution in [2.45, 2.75) is 51.6 Å². The zero-order chi connectivity index (χ0) is 12.0. The quantitative estimate of drug-likeness (QED) is 0.778. The third-order valence-corrected chi connectivity index (χ3v) is 3.64. The Kier molecular flexibility index (Phi) is 5.24. The average Bonchev–Trinajstić information content (AvgIpc) is 2.29. The summed E-state index contributed by atoms with van der Waals surface area (Å²) in [5.74, 6) is -0.179. The van der Waals surface area contributed by atoms with Gasteiger partial charge in [-0.3, -0.25) is 0 Å². The molecule has 1 aliphatic heterocycles. The van der Waals surface area contributed by atoms with Crippen molar-refractivity contribution in [2.75, 3.05) is 19.6 Å². The highest BCUT2D eigenvalue weighted by Gasteiger charge is 2.39. The van der Waals surface area contributed by atoms with Crippen molar-refractivity contribution in [3.8, 4) is 6.07 Å². The van der Waals surface area contributed by atoms with Crippen LogP contribution in [0.25, 0.3) is 0 Å². The first-order chi connectivity index (χ1) is 7.66. The minimum absolute atomic E-state index is 0.179. The Labute approximate surface area is 99.1 Å². The highest BCUT2D eigenvalue weighted by Crippen LogP contribution is 2.32. The molecule has 0 radical (unpaired) electrons. The van der Waals surface area contributed by atoms with Gasteiger partial charge in [-0.1, -0.05) is 20.3 Å². The van der Waals surface area contributed by atoms with Crippen molar-refractivity contribution in [1.82, 2.24) is 4.90 Å². The van der Waals surface area contributed by atoms with E-state index >= 15 is 0 Å². The van der Waals surface area contributed by atoms with E-state index in [2.05, 4.69) is 24.8 Å². The van der Waals surface area contributed by atoms with Gasteiger partial charge in [-0.05, 0) is 32.2 Å². The smallest absolute Gasteiger partial charge is 0.0829 e. The number of likely N-dealkylation sites (tertiary alicyclic amines) is 1. The number of hydrogen-bond acceptors (Lipinski definition) is 3. The summed E-state index contributed by atoms with van der Waals surface area (Å²) in [6.45, 7) is 7.23. The molecular formula is C13H24N2O. The van der Waals surface area contributed by atoms with Crippen LogP contribution in [0.5, 0.6) is 0 Å². The van der Waals surface area contributed by atoms with Crippen molar-refractivity contribution in [3.05, 3.63) is 0 Å². The predicted octanol–water partition coefficient (Wildman–Crippen LogP) is 2.16. The summed E-state index contributed by atoms with van der Waals surface area (Å²) < 4.78 is 0. The molecular weight excluding hydrogens is 200 g/mol. The Bertz CT molecular complexity index is 239. The standard InChI is InChI=1S/C13H24N2O/c1-3-5-12(11-14)13(16)6-9-15(8-4-2)10-7-13/h12,16H,3-10H2,1-2H3. The van der Waals surface area contributed by atoms with Crippen molar-refractivity contribution in [1.29, 1.82) is 5.26 Å². The normalized spacial score (nSPS) is 22.6. The van der Waals surface area contributed by atoms with Crippen LogP contribution < -0.4 is 0 Å². The van der Waals surface area contributed by atoms with Crippen molar-refractivity contribution >= 4 is 0 Å². The number of nitriles is 1. The van der Waals surface area contributed by atoms with Gasteiger partial charge in [-0.15, -0.1) is 0 Å². The lowest BCUT2D eigenvalue weighted by Crippen LogP contribution is -2.48. The van der Waals surface area contributed by atoms with Crippen LogP contribution in [0.15, 0.2) is 0 Å². The molecule has 1 aliphatic rings. The highest BCUT2D eigenvalue weighted by atomic mass is 16.3. The fourth-order valence-corrected chi connectivity index (χ4v) is 2.57. The van der Waals surface area contributed by atoms with Gasteiger partial charge in [0, 0.05) is 13.1 Å². The maximum absolute atomic E-state index is 10.5. The van der Waals surface area contributed by atoms with Gasteiger partial charge in [-0.25, -0.2) is 0 Å². The molecule has 1 rings (SSSR count). The van der Waals surface area contributed by atoms with Gasteiger partial charge < -0.3 is 10.0 Å². The summed E-state index contributed by atoms with van der Waals surface area (Å²) in [6, 6.07) is 2.29. The van der Waals surface area contributed by atoms with Gasteiger partial charge >= 0.3 is 0 Å². The molecule has 0 bridgehead atoms. The second-order valence-electron chi connectivity index (χ2n) is 4.92. The molecule has 1 N–H and O–H groups in total. The van der Waals surface area contributed by atoms with Crippen molar-refractivity contribution < 1.29 is 5.11 Å². The number of hydrogen-bond donors (Lipinski definition) is 1. The van der Waals surface area contributed by atoms with Gasteiger partial charge in [-0.2, -0.15) is 5.26 Å². The van der Waals surface area contributed by atoms with E-state index in [0.29, 0.717) is 0 Å². The minimum atomic E-state index is -0.727. The molecule has 3 nitrogen and oxygen atoms in total. The molecule has 0 amide bonds. The summed E-state index contributed by atoms with van der Waals surface area (Å²) in [5.41, 5.74) is -0.727. The van der Waals surface area contributed by atoms with Gasteiger partial charge in [0.15, 0.2) is 0 Å². The van der Waals surface area contributed by atoms with Crippen LogP contribution in [0, 0.1) is 17.2 Å².